The molecule has 0 radical (unpaired) electrons. The van der Waals surface area contributed by atoms with Gasteiger partial charge in [0.1, 0.15) is 16.5 Å². The standard InChI is InChI=1S/C17H13N5O2S3/c1-9-14(12-7-27-17(20-12)13-8-26-10(2)19-13)15(22-24-9)16(23)21-18-6-11-4-3-5-25-11/h3-8H,1-2H3,(H,21,23). The van der Waals surface area contributed by atoms with Gasteiger partial charge < -0.3 is 4.52 Å². The van der Waals surface area contributed by atoms with Crippen LogP contribution in [-0.2, 0) is 0 Å². The number of aryl methyl sites for hydroxylation is 2. The zero-order valence-corrected chi connectivity index (χ0v) is 16.7. The Morgan fingerprint density at radius 3 is 2.78 bits per heavy atom. The van der Waals surface area contributed by atoms with E-state index in [2.05, 4.69) is 25.7 Å². The summed E-state index contributed by atoms with van der Waals surface area (Å²) in [6, 6.07) is 3.82. The van der Waals surface area contributed by atoms with E-state index >= 15 is 0 Å². The van der Waals surface area contributed by atoms with E-state index < -0.39 is 5.91 Å². The number of rotatable bonds is 5. The van der Waals surface area contributed by atoms with Crippen LogP contribution in [0.4, 0.5) is 0 Å². The van der Waals surface area contributed by atoms with Crippen LogP contribution in [0.3, 0.4) is 0 Å². The van der Waals surface area contributed by atoms with Gasteiger partial charge in [-0.2, -0.15) is 5.10 Å². The van der Waals surface area contributed by atoms with Crippen LogP contribution in [-0.4, -0.2) is 27.2 Å². The summed E-state index contributed by atoms with van der Waals surface area (Å²) in [5.74, 6) is 0.0717. The van der Waals surface area contributed by atoms with Crippen LogP contribution < -0.4 is 5.43 Å². The topological polar surface area (TPSA) is 93.3 Å². The smallest absolute Gasteiger partial charge is 0.294 e. The van der Waals surface area contributed by atoms with E-state index in [0.29, 0.717) is 17.0 Å². The van der Waals surface area contributed by atoms with Crippen LogP contribution in [0.5, 0.6) is 0 Å². The molecule has 0 aliphatic carbocycles. The van der Waals surface area contributed by atoms with Gasteiger partial charge in [-0.15, -0.1) is 34.0 Å². The van der Waals surface area contributed by atoms with Gasteiger partial charge in [0.25, 0.3) is 5.91 Å². The SMILES string of the molecule is Cc1nc(-c2nc(-c3c(C(=O)NN=Cc4cccs4)noc3C)cs2)cs1. The lowest BCUT2D eigenvalue weighted by atomic mass is 10.1. The zero-order chi connectivity index (χ0) is 18.8. The molecule has 0 bridgehead atoms. The summed E-state index contributed by atoms with van der Waals surface area (Å²) in [6.07, 6.45) is 1.58. The number of aromatic nitrogens is 3. The highest BCUT2D eigenvalue weighted by molar-refractivity contribution is 7.14. The predicted molar refractivity (Wildman–Crippen MR) is 108 cm³/mol. The lowest BCUT2D eigenvalue weighted by molar-refractivity contribution is 0.0946. The summed E-state index contributed by atoms with van der Waals surface area (Å²) >= 11 is 4.56. The number of carbonyl (C=O) groups excluding carboxylic acids is 1. The Hall–Kier alpha value is -2.69. The summed E-state index contributed by atoms with van der Waals surface area (Å²) in [5, 5.41) is 15.4. The van der Waals surface area contributed by atoms with Crippen LogP contribution in [0, 0.1) is 13.8 Å². The highest BCUT2D eigenvalue weighted by Gasteiger charge is 2.23. The van der Waals surface area contributed by atoms with Crippen molar-refractivity contribution in [3.05, 3.63) is 49.6 Å². The monoisotopic (exact) mass is 415 g/mol. The molecular formula is C17H13N5O2S3. The Bertz CT molecular complexity index is 1110. The van der Waals surface area contributed by atoms with E-state index in [1.807, 2.05) is 35.2 Å². The minimum absolute atomic E-state index is 0.155. The van der Waals surface area contributed by atoms with Gasteiger partial charge in [-0.25, -0.2) is 15.4 Å². The first kappa shape index (κ1) is 17.7. The van der Waals surface area contributed by atoms with Gasteiger partial charge in [0.05, 0.1) is 22.5 Å². The number of amides is 1. The number of thiophene rings is 1. The summed E-state index contributed by atoms with van der Waals surface area (Å²) in [4.78, 5) is 22.5. The molecule has 4 heterocycles. The number of thiazole rings is 2. The molecule has 1 amide bonds. The van der Waals surface area contributed by atoms with Crippen molar-refractivity contribution in [1.29, 1.82) is 0 Å². The van der Waals surface area contributed by atoms with Crippen molar-refractivity contribution in [3.8, 4) is 22.0 Å². The van der Waals surface area contributed by atoms with Gasteiger partial charge in [-0.1, -0.05) is 11.2 Å². The molecule has 136 valence electrons. The van der Waals surface area contributed by atoms with Crippen LogP contribution in [0.1, 0.15) is 26.1 Å². The molecule has 1 N–H and O–H groups in total. The average molecular weight is 416 g/mol. The molecule has 4 rings (SSSR count). The van der Waals surface area contributed by atoms with Crippen LogP contribution in [0.2, 0.25) is 0 Å². The molecule has 0 aliphatic rings. The minimum atomic E-state index is -0.450. The number of nitrogens with zero attached hydrogens (tertiary/aromatic N) is 4. The fourth-order valence-electron chi connectivity index (χ4n) is 2.37. The third-order valence-corrected chi connectivity index (χ3v) is 6.02. The molecular weight excluding hydrogens is 402 g/mol. The molecule has 0 atom stereocenters. The lowest BCUT2D eigenvalue weighted by Gasteiger charge is -1.98. The van der Waals surface area contributed by atoms with E-state index in [9.17, 15) is 4.79 Å². The Morgan fingerprint density at radius 2 is 2.04 bits per heavy atom. The molecule has 0 spiro atoms. The van der Waals surface area contributed by atoms with Crippen LogP contribution in [0.15, 0.2) is 37.9 Å². The Labute approximate surface area is 166 Å². The largest absolute Gasteiger partial charge is 0.360 e. The number of nitrogens with one attached hydrogen (secondary N) is 1. The van der Waals surface area contributed by atoms with Crippen LogP contribution >= 0.6 is 34.0 Å². The van der Waals surface area contributed by atoms with Gasteiger partial charge in [0.2, 0.25) is 0 Å². The first-order chi connectivity index (χ1) is 13.1. The van der Waals surface area contributed by atoms with Gasteiger partial charge in [0.15, 0.2) is 5.69 Å². The van der Waals surface area contributed by atoms with Crippen molar-refractivity contribution >= 4 is 46.1 Å². The highest BCUT2D eigenvalue weighted by atomic mass is 32.1. The quantitative estimate of drug-likeness (QED) is 0.386. The normalized spacial score (nSPS) is 11.3. The van der Waals surface area contributed by atoms with E-state index in [-0.39, 0.29) is 5.69 Å². The Balaban J connectivity index is 1.58. The number of carbonyl (C=O) groups is 1. The minimum Gasteiger partial charge on any atom is -0.360 e. The van der Waals surface area contributed by atoms with Gasteiger partial charge in [-0.3, -0.25) is 4.79 Å². The molecule has 7 nitrogen and oxygen atoms in total. The van der Waals surface area contributed by atoms with Crippen molar-refractivity contribution < 1.29 is 9.32 Å². The van der Waals surface area contributed by atoms with Crippen molar-refractivity contribution in [1.82, 2.24) is 20.6 Å². The highest BCUT2D eigenvalue weighted by Crippen LogP contribution is 2.32. The maximum Gasteiger partial charge on any atom is 0.294 e. The molecule has 0 saturated heterocycles. The Morgan fingerprint density at radius 1 is 1.19 bits per heavy atom. The lowest BCUT2D eigenvalue weighted by Crippen LogP contribution is -2.18. The molecule has 10 heteroatoms. The molecule has 4 aromatic heterocycles. The summed E-state index contributed by atoms with van der Waals surface area (Å²) < 4.78 is 5.23. The molecule has 0 unspecified atom stereocenters. The van der Waals surface area contributed by atoms with E-state index in [1.165, 1.54) is 22.7 Å². The van der Waals surface area contributed by atoms with Crippen molar-refractivity contribution in [2.24, 2.45) is 5.10 Å². The summed E-state index contributed by atoms with van der Waals surface area (Å²) in [6.45, 7) is 3.70. The first-order valence-electron chi connectivity index (χ1n) is 7.83. The van der Waals surface area contributed by atoms with E-state index in [4.69, 9.17) is 4.52 Å². The van der Waals surface area contributed by atoms with Crippen molar-refractivity contribution in [2.45, 2.75) is 13.8 Å². The summed E-state index contributed by atoms with van der Waals surface area (Å²) in [7, 11) is 0. The molecule has 0 aliphatic heterocycles. The second-order valence-corrected chi connectivity index (χ2v) is 8.37. The maximum absolute atomic E-state index is 12.5. The van der Waals surface area contributed by atoms with Crippen molar-refractivity contribution in [2.75, 3.05) is 0 Å². The van der Waals surface area contributed by atoms with Gasteiger partial charge in [0, 0.05) is 15.6 Å². The molecule has 0 aromatic carbocycles. The van der Waals surface area contributed by atoms with E-state index in [0.717, 1.165) is 20.6 Å². The second-order valence-electron chi connectivity index (χ2n) is 5.47. The molecule has 0 saturated carbocycles. The van der Waals surface area contributed by atoms with Gasteiger partial charge in [-0.05, 0) is 25.3 Å². The fourth-order valence-corrected chi connectivity index (χ4v) is 4.40. The Kier molecular flexibility index (Phi) is 4.92. The fraction of sp³-hybridized carbons (Fsp3) is 0.118. The number of hydrogen-bond donors (Lipinski definition) is 1. The maximum atomic E-state index is 12.5. The van der Waals surface area contributed by atoms with Gasteiger partial charge >= 0.3 is 0 Å². The molecule has 0 fully saturated rings. The first-order valence-corrected chi connectivity index (χ1v) is 10.5. The number of hydrazone groups is 1. The van der Waals surface area contributed by atoms with Crippen molar-refractivity contribution in [3.63, 3.8) is 0 Å². The zero-order valence-electron chi connectivity index (χ0n) is 14.3. The predicted octanol–water partition coefficient (Wildman–Crippen LogP) is 4.36. The van der Waals surface area contributed by atoms with E-state index in [1.54, 1.807) is 24.5 Å². The third kappa shape index (κ3) is 3.72. The second kappa shape index (κ2) is 7.51. The van der Waals surface area contributed by atoms with Crippen LogP contribution in [0.25, 0.3) is 22.0 Å². The molecule has 4 aromatic rings. The molecule has 27 heavy (non-hydrogen) atoms. The summed E-state index contributed by atoms with van der Waals surface area (Å²) in [5.41, 5.74) is 4.66. The average Bonchev–Trinajstić information content (AvgIpc) is 3.41. The number of hydrogen-bond acceptors (Lipinski definition) is 9. The third-order valence-electron chi connectivity index (χ3n) is 3.58.